The maximum atomic E-state index is 13.5. The summed E-state index contributed by atoms with van der Waals surface area (Å²) in [6.45, 7) is 3.06. The quantitative estimate of drug-likeness (QED) is 0.179. The minimum Gasteiger partial charge on any atom is -0.455 e. The van der Waals surface area contributed by atoms with Crippen LogP contribution in [0.5, 0.6) is 0 Å². The van der Waals surface area contributed by atoms with Gasteiger partial charge in [-0.1, -0.05) is 52.5 Å². The third-order valence-electron chi connectivity index (χ3n) is 5.53. The number of nitrogens with zero attached hydrogens (tertiary/aromatic N) is 2. The zero-order valence-corrected chi connectivity index (χ0v) is 23.4. The molecule has 11 heteroatoms. The van der Waals surface area contributed by atoms with E-state index in [0.29, 0.717) is 43.4 Å². The van der Waals surface area contributed by atoms with Crippen LogP contribution in [0.2, 0.25) is 15.1 Å². The maximum absolute atomic E-state index is 13.5. The van der Waals surface area contributed by atoms with Gasteiger partial charge in [0.15, 0.2) is 0 Å². The van der Waals surface area contributed by atoms with Crippen LogP contribution in [0.1, 0.15) is 16.9 Å². The number of anilines is 1. The molecule has 0 aliphatic rings. The molecule has 1 N–H and O–H groups in total. The summed E-state index contributed by atoms with van der Waals surface area (Å²) in [5.74, 6) is 0.191. The van der Waals surface area contributed by atoms with Gasteiger partial charge in [0.25, 0.3) is 15.9 Å². The van der Waals surface area contributed by atoms with E-state index in [2.05, 4.69) is 10.5 Å². The van der Waals surface area contributed by atoms with E-state index in [4.69, 9.17) is 39.2 Å². The molecule has 0 aliphatic carbocycles. The van der Waals surface area contributed by atoms with Crippen LogP contribution in [-0.4, -0.2) is 27.1 Å². The molecule has 4 rings (SSSR count). The first-order valence-corrected chi connectivity index (χ1v) is 13.8. The standard InChI is InChI=1S/C27H22Cl3N3O4S/c1-17-3-8-22(9-4-17)38(35,36)33(25-11-6-19(28)13-18(25)2)16-27(34)32-31-15-21-7-12-26(37-21)23-10-5-20(29)14-24(23)30/h3-15H,16H2,1-2H3,(H,32,34)/b31-15-. The van der Waals surface area contributed by atoms with E-state index in [0.717, 1.165) is 9.87 Å². The van der Waals surface area contributed by atoms with Gasteiger partial charge in [0.2, 0.25) is 0 Å². The molecule has 0 saturated carbocycles. The van der Waals surface area contributed by atoms with E-state index in [9.17, 15) is 13.2 Å². The molecule has 0 bridgehead atoms. The van der Waals surface area contributed by atoms with E-state index >= 15 is 0 Å². The number of carbonyl (C=O) groups is 1. The highest BCUT2D eigenvalue weighted by Crippen LogP contribution is 2.31. The third kappa shape index (κ3) is 6.39. The maximum Gasteiger partial charge on any atom is 0.264 e. The summed E-state index contributed by atoms with van der Waals surface area (Å²) in [6.07, 6.45) is 1.30. The Morgan fingerprint density at radius 1 is 0.947 bits per heavy atom. The number of aryl methyl sites for hydroxylation is 2. The number of furan rings is 1. The van der Waals surface area contributed by atoms with Crippen molar-refractivity contribution < 1.29 is 17.6 Å². The van der Waals surface area contributed by atoms with Crippen molar-refractivity contribution in [1.29, 1.82) is 0 Å². The molecule has 0 radical (unpaired) electrons. The zero-order chi connectivity index (χ0) is 27.4. The molecule has 1 amide bonds. The fourth-order valence-corrected chi connectivity index (χ4v) is 5.84. The van der Waals surface area contributed by atoms with E-state index < -0.39 is 22.5 Å². The van der Waals surface area contributed by atoms with Crippen LogP contribution in [0, 0.1) is 13.8 Å². The molecule has 4 aromatic rings. The lowest BCUT2D eigenvalue weighted by molar-refractivity contribution is -0.119. The summed E-state index contributed by atoms with van der Waals surface area (Å²) in [5.41, 5.74) is 4.83. The smallest absolute Gasteiger partial charge is 0.264 e. The van der Waals surface area contributed by atoms with Crippen molar-refractivity contribution in [2.75, 3.05) is 10.8 Å². The van der Waals surface area contributed by atoms with Crippen LogP contribution in [0.4, 0.5) is 5.69 Å². The number of rotatable bonds is 8. The predicted octanol–water partition coefficient (Wildman–Crippen LogP) is 6.87. The molecular weight excluding hydrogens is 569 g/mol. The molecule has 0 fully saturated rings. The Balaban J connectivity index is 1.53. The third-order valence-corrected chi connectivity index (χ3v) is 8.08. The highest BCUT2D eigenvalue weighted by Gasteiger charge is 2.28. The monoisotopic (exact) mass is 589 g/mol. The van der Waals surface area contributed by atoms with Crippen LogP contribution < -0.4 is 9.73 Å². The van der Waals surface area contributed by atoms with Crippen molar-refractivity contribution in [2.45, 2.75) is 18.7 Å². The number of sulfonamides is 1. The lowest BCUT2D eigenvalue weighted by Gasteiger charge is -2.25. The number of amides is 1. The molecule has 1 heterocycles. The summed E-state index contributed by atoms with van der Waals surface area (Å²) < 4.78 is 33.8. The molecule has 7 nitrogen and oxygen atoms in total. The lowest BCUT2D eigenvalue weighted by Crippen LogP contribution is -2.40. The van der Waals surface area contributed by atoms with Gasteiger partial charge in [0.1, 0.15) is 18.1 Å². The van der Waals surface area contributed by atoms with Gasteiger partial charge >= 0.3 is 0 Å². The molecule has 0 spiro atoms. The summed E-state index contributed by atoms with van der Waals surface area (Å²) in [5, 5.41) is 5.30. The lowest BCUT2D eigenvalue weighted by atomic mass is 10.2. The molecule has 1 aromatic heterocycles. The minimum atomic E-state index is -4.08. The average molecular weight is 591 g/mol. The average Bonchev–Trinajstić information content (AvgIpc) is 3.31. The van der Waals surface area contributed by atoms with Crippen molar-refractivity contribution >= 4 is 62.6 Å². The van der Waals surface area contributed by atoms with E-state index in [1.54, 1.807) is 67.6 Å². The first kappa shape index (κ1) is 27.7. The van der Waals surface area contributed by atoms with Crippen LogP contribution in [-0.2, 0) is 14.8 Å². The van der Waals surface area contributed by atoms with Crippen LogP contribution in [0.25, 0.3) is 11.3 Å². The van der Waals surface area contributed by atoms with Gasteiger partial charge in [-0.05, 0) is 80.1 Å². The number of hydrogen-bond acceptors (Lipinski definition) is 5. The Hall–Kier alpha value is -3.30. The first-order valence-electron chi connectivity index (χ1n) is 11.3. The number of benzene rings is 3. The summed E-state index contributed by atoms with van der Waals surface area (Å²) in [7, 11) is -4.08. The van der Waals surface area contributed by atoms with Crippen LogP contribution in [0.15, 0.2) is 87.2 Å². The van der Waals surface area contributed by atoms with Gasteiger partial charge in [0.05, 0.1) is 21.8 Å². The van der Waals surface area contributed by atoms with Gasteiger partial charge in [-0.15, -0.1) is 0 Å². The molecule has 0 aliphatic heterocycles. The second kappa shape index (κ2) is 11.6. The van der Waals surface area contributed by atoms with Crippen molar-refractivity contribution in [2.24, 2.45) is 5.10 Å². The Morgan fingerprint density at radius 2 is 1.63 bits per heavy atom. The Morgan fingerprint density at radius 3 is 2.32 bits per heavy atom. The number of hydrazone groups is 1. The topological polar surface area (TPSA) is 92.0 Å². The van der Waals surface area contributed by atoms with Gasteiger partial charge in [-0.3, -0.25) is 9.10 Å². The predicted molar refractivity (Wildman–Crippen MR) is 152 cm³/mol. The normalized spacial score (nSPS) is 11.6. The zero-order valence-electron chi connectivity index (χ0n) is 20.3. The van der Waals surface area contributed by atoms with Gasteiger partial charge in [-0.25, -0.2) is 13.8 Å². The molecule has 3 aromatic carbocycles. The number of halogens is 3. The van der Waals surface area contributed by atoms with Crippen molar-refractivity contribution in [3.63, 3.8) is 0 Å². The number of carbonyl (C=O) groups excluding carboxylic acids is 1. The van der Waals surface area contributed by atoms with Crippen LogP contribution in [0.3, 0.4) is 0 Å². The molecule has 38 heavy (non-hydrogen) atoms. The van der Waals surface area contributed by atoms with E-state index in [-0.39, 0.29) is 4.90 Å². The summed E-state index contributed by atoms with van der Waals surface area (Å²) >= 11 is 18.2. The largest absolute Gasteiger partial charge is 0.455 e. The van der Waals surface area contributed by atoms with Crippen molar-refractivity contribution in [3.05, 3.63) is 105 Å². The molecule has 0 unspecified atom stereocenters. The fraction of sp³-hybridized carbons (Fsp3) is 0.111. The van der Waals surface area contributed by atoms with Gasteiger partial charge in [-0.2, -0.15) is 5.10 Å². The Bertz CT molecular complexity index is 1620. The SMILES string of the molecule is Cc1ccc(S(=O)(=O)N(CC(=O)N/N=C\c2ccc(-c3ccc(Cl)cc3Cl)o2)c2ccc(Cl)cc2C)cc1. The minimum absolute atomic E-state index is 0.0535. The second-order valence-corrected chi connectivity index (χ2v) is 11.5. The van der Waals surface area contributed by atoms with E-state index in [1.807, 2.05) is 6.92 Å². The molecule has 196 valence electrons. The first-order chi connectivity index (χ1) is 18.0. The van der Waals surface area contributed by atoms with Gasteiger partial charge < -0.3 is 4.42 Å². The number of hydrogen-bond donors (Lipinski definition) is 1. The molecule has 0 saturated heterocycles. The second-order valence-electron chi connectivity index (χ2n) is 8.37. The van der Waals surface area contributed by atoms with Crippen LogP contribution >= 0.6 is 34.8 Å². The summed E-state index contributed by atoms with van der Waals surface area (Å²) in [6, 6.07) is 19.5. The Labute approximate surface area is 235 Å². The molecule has 0 atom stereocenters. The fourth-order valence-electron chi connectivity index (χ4n) is 3.63. The highest BCUT2D eigenvalue weighted by molar-refractivity contribution is 7.92. The van der Waals surface area contributed by atoms with Crippen molar-refractivity contribution in [1.82, 2.24) is 5.43 Å². The number of nitrogens with one attached hydrogen (secondary N) is 1. The Kier molecular flexibility index (Phi) is 8.47. The van der Waals surface area contributed by atoms with E-state index in [1.165, 1.54) is 18.3 Å². The summed E-state index contributed by atoms with van der Waals surface area (Å²) in [4.78, 5) is 12.9. The van der Waals surface area contributed by atoms with Gasteiger partial charge in [0, 0.05) is 15.6 Å². The highest BCUT2D eigenvalue weighted by atomic mass is 35.5. The molecular formula is C27H22Cl3N3O4S. The van der Waals surface area contributed by atoms with Crippen molar-refractivity contribution in [3.8, 4) is 11.3 Å².